The highest BCUT2D eigenvalue weighted by atomic mass is 35.5. The number of hydrogen-bond donors (Lipinski definition) is 1. The summed E-state index contributed by atoms with van der Waals surface area (Å²) in [5.74, 6) is 1.53. The number of alkyl halides is 1. The van der Waals surface area contributed by atoms with Crippen LogP contribution in [0.2, 0.25) is 0 Å². The molecule has 0 amide bonds. The van der Waals surface area contributed by atoms with Gasteiger partial charge >= 0.3 is 0 Å². The predicted molar refractivity (Wildman–Crippen MR) is 68.3 cm³/mol. The van der Waals surface area contributed by atoms with Crippen molar-refractivity contribution in [2.24, 2.45) is 0 Å². The van der Waals surface area contributed by atoms with E-state index in [0.29, 0.717) is 18.5 Å². The minimum absolute atomic E-state index is 0.348. The van der Waals surface area contributed by atoms with Crippen LogP contribution in [0, 0.1) is 0 Å². The fourth-order valence-corrected chi connectivity index (χ4v) is 1.60. The topological polar surface area (TPSA) is 52.0 Å². The summed E-state index contributed by atoms with van der Waals surface area (Å²) in [4.78, 5) is 4.23. The van der Waals surface area contributed by atoms with Crippen LogP contribution in [0.3, 0.4) is 0 Å². The maximum absolute atomic E-state index is 5.50. The summed E-state index contributed by atoms with van der Waals surface area (Å²) in [7, 11) is 0. The van der Waals surface area contributed by atoms with Gasteiger partial charge in [-0.2, -0.15) is 5.10 Å². The van der Waals surface area contributed by atoms with Gasteiger partial charge in [0, 0.05) is 18.5 Å². The van der Waals surface area contributed by atoms with Crippen LogP contribution in [-0.2, 0) is 11.3 Å². The third kappa shape index (κ3) is 5.48. The van der Waals surface area contributed by atoms with Gasteiger partial charge in [0.2, 0.25) is 0 Å². The van der Waals surface area contributed by atoms with E-state index in [1.807, 2.05) is 4.68 Å². The monoisotopic (exact) mass is 260 g/mol. The van der Waals surface area contributed by atoms with E-state index in [-0.39, 0.29) is 0 Å². The average molecular weight is 261 g/mol. The lowest BCUT2D eigenvalue weighted by Gasteiger charge is -2.10. The van der Waals surface area contributed by atoms with Crippen molar-refractivity contribution in [1.82, 2.24) is 20.1 Å². The van der Waals surface area contributed by atoms with Crippen LogP contribution < -0.4 is 5.32 Å². The molecule has 0 aliphatic heterocycles. The van der Waals surface area contributed by atoms with Crippen molar-refractivity contribution in [3.05, 3.63) is 12.2 Å². The van der Waals surface area contributed by atoms with Gasteiger partial charge < -0.3 is 10.1 Å². The van der Waals surface area contributed by atoms with E-state index in [1.165, 1.54) is 0 Å². The molecule has 5 nitrogen and oxygen atoms in total. The number of rotatable bonds is 9. The number of hydrogen-bond acceptors (Lipinski definition) is 4. The Morgan fingerprint density at radius 3 is 3.00 bits per heavy atom. The molecule has 0 fully saturated rings. The highest BCUT2D eigenvalue weighted by molar-refractivity contribution is 6.17. The third-order valence-electron chi connectivity index (χ3n) is 2.28. The van der Waals surface area contributed by atoms with E-state index in [9.17, 15) is 0 Å². The van der Waals surface area contributed by atoms with Crippen molar-refractivity contribution in [3.8, 4) is 0 Å². The first-order valence-corrected chi connectivity index (χ1v) is 6.52. The van der Waals surface area contributed by atoms with Gasteiger partial charge in [-0.25, -0.2) is 9.67 Å². The second-order valence-electron chi connectivity index (χ2n) is 4.05. The number of halogens is 1. The van der Waals surface area contributed by atoms with Crippen LogP contribution in [-0.4, -0.2) is 40.4 Å². The zero-order valence-electron chi connectivity index (χ0n) is 10.5. The molecule has 0 bridgehead atoms. The molecule has 1 aromatic rings. The summed E-state index contributed by atoms with van der Waals surface area (Å²) in [5.41, 5.74) is 0. The predicted octanol–water partition coefficient (Wildman–Crippen LogP) is 1.59. The van der Waals surface area contributed by atoms with E-state index >= 15 is 0 Å². The van der Waals surface area contributed by atoms with Crippen molar-refractivity contribution in [3.63, 3.8) is 0 Å². The fraction of sp³-hybridized carbons (Fsp3) is 0.818. The Bertz CT molecular complexity index is 303. The van der Waals surface area contributed by atoms with Crippen molar-refractivity contribution in [2.45, 2.75) is 32.9 Å². The van der Waals surface area contributed by atoms with Gasteiger partial charge in [0.25, 0.3) is 0 Å². The number of aromatic nitrogens is 3. The molecule has 1 N–H and O–H groups in total. The van der Waals surface area contributed by atoms with E-state index in [1.54, 1.807) is 6.33 Å². The summed E-state index contributed by atoms with van der Waals surface area (Å²) in [6.45, 7) is 7.22. The van der Waals surface area contributed by atoms with Crippen molar-refractivity contribution >= 4 is 11.6 Å². The Kier molecular flexibility index (Phi) is 7.16. The van der Waals surface area contributed by atoms with Crippen LogP contribution in [0.15, 0.2) is 6.33 Å². The average Bonchev–Trinajstić information content (AvgIpc) is 2.76. The van der Waals surface area contributed by atoms with E-state index in [0.717, 1.165) is 31.9 Å². The number of nitrogens with one attached hydrogen (secondary N) is 1. The van der Waals surface area contributed by atoms with Gasteiger partial charge in [-0.1, -0.05) is 0 Å². The quantitative estimate of drug-likeness (QED) is 0.541. The molecule has 0 unspecified atom stereocenters. The van der Waals surface area contributed by atoms with Crippen LogP contribution in [0.4, 0.5) is 0 Å². The number of ether oxygens (including phenoxy) is 1. The summed E-state index contributed by atoms with van der Waals surface area (Å²) < 4.78 is 7.20. The van der Waals surface area contributed by atoms with Crippen molar-refractivity contribution < 1.29 is 4.74 Å². The second kappa shape index (κ2) is 8.44. The largest absolute Gasteiger partial charge is 0.380 e. The molecule has 0 saturated carbocycles. The minimum Gasteiger partial charge on any atom is -0.380 e. The smallest absolute Gasteiger partial charge is 0.141 e. The zero-order chi connectivity index (χ0) is 12.5. The summed E-state index contributed by atoms with van der Waals surface area (Å²) in [5, 5.41) is 7.50. The van der Waals surface area contributed by atoms with Gasteiger partial charge in [0.05, 0.1) is 13.2 Å². The maximum Gasteiger partial charge on any atom is 0.141 e. The molecule has 0 spiro atoms. The van der Waals surface area contributed by atoms with Crippen LogP contribution in [0.5, 0.6) is 0 Å². The second-order valence-corrected chi connectivity index (χ2v) is 4.42. The van der Waals surface area contributed by atoms with Crippen LogP contribution >= 0.6 is 11.6 Å². The van der Waals surface area contributed by atoms with Gasteiger partial charge in [-0.3, -0.25) is 0 Å². The Morgan fingerprint density at radius 1 is 1.47 bits per heavy atom. The molecule has 0 aromatic carbocycles. The standard InChI is InChI=1S/C11H21ClN4O/c1-10(2)16-11(14-9-15-16)8-13-5-3-6-17-7-4-12/h9-10,13H,3-8H2,1-2H3. The first-order chi connectivity index (χ1) is 8.25. The van der Waals surface area contributed by atoms with Gasteiger partial charge in [0.15, 0.2) is 0 Å². The van der Waals surface area contributed by atoms with Crippen molar-refractivity contribution in [1.29, 1.82) is 0 Å². The van der Waals surface area contributed by atoms with Gasteiger partial charge in [-0.05, 0) is 26.8 Å². The number of nitrogens with zero attached hydrogens (tertiary/aromatic N) is 3. The molecule has 0 aliphatic carbocycles. The molecule has 1 rings (SSSR count). The SMILES string of the molecule is CC(C)n1ncnc1CNCCCOCCCl. The molecular weight excluding hydrogens is 240 g/mol. The lowest BCUT2D eigenvalue weighted by molar-refractivity contribution is 0.146. The van der Waals surface area contributed by atoms with Gasteiger partial charge in [-0.15, -0.1) is 11.6 Å². The molecule has 0 aliphatic rings. The lowest BCUT2D eigenvalue weighted by atomic mass is 10.4. The molecule has 98 valence electrons. The Balaban J connectivity index is 2.11. The molecule has 0 radical (unpaired) electrons. The maximum atomic E-state index is 5.50. The highest BCUT2D eigenvalue weighted by Gasteiger charge is 2.06. The lowest BCUT2D eigenvalue weighted by Crippen LogP contribution is -2.20. The van der Waals surface area contributed by atoms with Crippen molar-refractivity contribution in [2.75, 3.05) is 25.6 Å². The zero-order valence-corrected chi connectivity index (χ0v) is 11.3. The summed E-state index contributed by atoms with van der Waals surface area (Å²) in [6.07, 6.45) is 2.58. The molecule has 1 aromatic heterocycles. The van der Waals surface area contributed by atoms with Crippen LogP contribution in [0.1, 0.15) is 32.1 Å². The Labute approximate surface area is 108 Å². The molecule has 6 heteroatoms. The molecular formula is C11H21ClN4O. The van der Waals surface area contributed by atoms with Crippen LogP contribution in [0.25, 0.3) is 0 Å². The fourth-order valence-electron chi connectivity index (χ4n) is 1.49. The normalized spacial score (nSPS) is 11.3. The van der Waals surface area contributed by atoms with Gasteiger partial charge in [0.1, 0.15) is 12.2 Å². The third-order valence-corrected chi connectivity index (χ3v) is 2.44. The summed E-state index contributed by atoms with van der Waals surface area (Å²) in [6, 6.07) is 0.348. The first-order valence-electron chi connectivity index (χ1n) is 5.98. The first kappa shape index (κ1) is 14.4. The van der Waals surface area contributed by atoms with E-state index < -0.39 is 0 Å². The summed E-state index contributed by atoms with van der Waals surface area (Å²) >= 11 is 5.50. The molecule has 1 heterocycles. The minimum atomic E-state index is 0.348. The highest BCUT2D eigenvalue weighted by Crippen LogP contribution is 2.04. The Hall–Kier alpha value is -0.650. The molecule has 17 heavy (non-hydrogen) atoms. The Morgan fingerprint density at radius 2 is 2.29 bits per heavy atom. The van der Waals surface area contributed by atoms with E-state index in [4.69, 9.17) is 16.3 Å². The molecule has 0 atom stereocenters. The van der Waals surface area contributed by atoms with E-state index in [2.05, 4.69) is 29.2 Å². The molecule has 0 saturated heterocycles.